The third kappa shape index (κ3) is 4.05. The van der Waals surface area contributed by atoms with E-state index in [1.807, 2.05) is 13.0 Å². The van der Waals surface area contributed by atoms with Crippen LogP contribution in [-0.2, 0) is 4.79 Å². The summed E-state index contributed by atoms with van der Waals surface area (Å²) in [5, 5.41) is 5.87. The lowest BCUT2D eigenvalue weighted by molar-refractivity contribution is -0.130. The smallest absolute Gasteiger partial charge is 0.251 e. The van der Waals surface area contributed by atoms with Gasteiger partial charge in [0.2, 0.25) is 5.91 Å². The molecule has 20 heavy (non-hydrogen) atoms. The summed E-state index contributed by atoms with van der Waals surface area (Å²) in [7, 11) is 0. The van der Waals surface area contributed by atoms with E-state index in [-0.39, 0.29) is 18.4 Å². The van der Waals surface area contributed by atoms with Crippen molar-refractivity contribution in [3.8, 4) is 0 Å². The van der Waals surface area contributed by atoms with Gasteiger partial charge in [-0.3, -0.25) is 9.59 Å². The monoisotopic (exact) mass is 339 g/mol. The average Bonchev–Trinajstić information content (AvgIpc) is 2.44. The molecule has 6 heteroatoms. The van der Waals surface area contributed by atoms with Gasteiger partial charge in [-0.2, -0.15) is 0 Å². The average molecular weight is 340 g/mol. The Labute approximate surface area is 126 Å². The molecule has 0 aliphatic carbocycles. The second-order valence-corrected chi connectivity index (χ2v) is 5.75. The Morgan fingerprint density at radius 3 is 2.65 bits per heavy atom. The van der Waals surface area contributed by atoms with E-state index in [1.54, 1.807) is 17.0 Å². The largest absolute Gasteiger partial charge is 0.343 e. The van der Waals surface area contributed by atoms with Gasteiger partial charge in [-0.25, -0.2) is 0 Å². The Morgan fingerprint density at radius 1 is 1.30 bits per heavy atom. The first-order valence-corrected chi connectivity index (χ1v) is 7.39. The summed E-state index contributed by atoms with van der Waals surface area (Å²) in [6, 6.07) is 5.48. The minimum atomic E-state index is -0.224. The van der Waals surface area contributed by atoms with E-state index >= 15 is 0 Å². The predicted octanol–water partition coefficient (Wildman–Crippen LogP) is 0.919. The molecule has 0 saturated carbocycles. The van der Waals surface area contributed by atoms with Crippen LogP contribution in [0.1, 0.15) is 15.9 Å². The van der Waals surface area contributed by atoms with Crippen molar-refractivity contribution in [2.45, 2.75) is 6.92 Å². The lowest BCUT2D eigenvalue weighted by atomic mass is 10.1. The van der Waals surface area contributed by atoms with Gasteiger partial charge in [0, 0.05) is 36.2 Å². The van der Waals surface area contributed by atoms with Crippen LogP contribution in [0, 0.1) is 6.92 Å². The number of halogens is 1. The summed E-state index contributed by atoms with van der Waals surface area (Å²) < 4.78 is 0.857. The predicted molar refractivity (Wildman–Crippen MR) is 80.7 cm³/mol. The number of carbonyl (C=O) groups excluding carboxylic acids is 2. The summed E-state index contributed by atoms with van der Waals surface area (Å²) >= 11 is 3.36. The molecule has 1 aromatic rings. The topological polar surface area (TPSA) is 61.4 Å². The van der Waals surface area contributed by atoms with Crippen molar-refractivity contribution in [2.75, 3.05) is 32.7 Å². The molecule has 1 heterocycles. The van der Waals surface area contributed by atoms with Crippen LogP contribution in [0.15, 0.2) is 22.7 Å². The number of nitrogens with one attached hydrogen (secondary N) is 2. The first kappa shape index (κ1) is 15.0. The molecule has 1 saturated heterocycles. The summed E-state index contributed by atoms with van der Waals surface area (Å²) in [6.45, 7) is 4.99. The maximum atomic E-state index is 12.0. The Hall–Kier alpha value is -1.40. The summed E-state index contributed by atoms with van der Waals surface area (Å²) in [6.07, 6.45) is 0. The maximum absolute atomic E-state index is 12.0. The minimum absolute atomic E-state index is 0.0356. The molecule has 0 spiro atoms. The van der Waals surface area contributed by atoms with Gasteiger partial charge in [-0.1, -0.05) is 15.9 Å². The van der Waals surface area contributed by atoms with E-state index in [9.17, 15) is 9.59 Å². The van der Waals surface area contributed by atoms with Crippen LogP contribution in [0.3, 0.4) is 0 Å². The van der Waals surface area contributed by atoms with E-state index in [1.165, 1.54) is 0 Å². The molecule has 1 aromatic carbocycles. The number of nitrogens with zero attached hydrogens (tertiary/aromatic N) is 1. The van der Waals surface area contributed by atoms with Gasteiger partial charge in [-0.05, 0) is 30.7 Å². The Balaban J connectivity index is 1.89. The summed E-state index contributed by atoms with van der Waals surface area (Å²) in [5.74, 6) is -0.260. The fraction of sp³-hybridized carbons (Fsp3) is 0.429. The van der Waals surface area contributed by atoms with Gasteiger partial charge in [0.25, 0.3) is 5.91 Å². The number of piperazine rings is 1. The van der Waals surface area contributed by atoms with Crippen molar-refractivity contribution in [1.82, 2.24) is 15.5 Å². The maximum Gasteiger partial charge on any atom is 0.251 e. The molecule has 108 valence electrons. The quantitative estimate of drug-likeness (QED) is 0.860. The summed E-state index contributed by atoms with van der Waals surface area (Å²) in [5.41, 5.74) is 1.56. The molecule has 0 bridgehead atoms. The number of hydrogen-bond acceptors (Lipinski definition) is 3. The second kappa shape index (κ2) is 6.85. The Bertz CT molecular complexity index is 493. The number of hydrogen-bond donors (Lipinski definition) is 2. The van der Waals surface area contributed by atoms with Crippen molar-refractivity contribution in [3.63, 3.8) is 0 Å². The third-order valence-corrected chi connectivity index (χ3v) is 3.63. The van der Waals surface area contributed by atoms with Gasteiger partial charge in [0.05, 0.1) is 6.54 Å². The highest BCUT2D eigenvalue weighted by molar-refractivity contribution is 9.10. The molecule has 0 atom stereocenters. The van der Waals surface area contributed by atoms with E-state index < -0.39 is 0 Å². The van der Waals surface area contributed by atoms with Crippen molar-refractivity contribution >= 4 is 27.7 Å². The van der Waals surface area contributed by atoms with Crippen LogP contribution in [0.4, 0.5) is 0 Å². The summed E-state index contributed by atoms with van der Waals surface area (Å²) in [4.78, 5) is 25.7. The van der Waals surface area contributed by atoms with Gasteiger partial charge in [0.15, 0.2) is 0 Å². The zero-order valence-electron chi connectivity index (χ0n) is 11.4. The van der Waals surface area contributed by atoms with E-state index in [4.69, 9.17) is 0 Å². The van der Waals surface area contributed by atoms with Crippen LogP contribution >= 0.6 is 15.9 Å². The molecular weight excluding hydrogens is 322 g/mol. The minimum Gasteiger partial charge on any atom is -0.343 e. The van der Waals surface area contributed by atoms with Crippen molar-refractivity contribution in [3.05, 3.63) is 33.8 Å². The third-order valence-electron chi connectivity index (χ3n) is 3.17. The fourth-order valence-corrected chi connectivity index (χ4v) is 2.76. The number of aryl methyl sites for hydroxylation is 1. The highest BCUT2D eigenvalue weighted by Gasteiger charge is 2.17. The molecule has 0 radical (unpaired) electrons. The van der Waals surface area contributed by atoms with Crippen molar-refractivity contribution in [2.24, 2.45) is 0 Å². The number of benzene rings is 1. The zero-order chi connectivity index (χ0) is 14.5. The highest BCUT2D eigenvalue weighted by atomic mass is 79.9. The van der Waals surface area contributed by atoms with Gasteiger partial charge in [0.1, 0.15) is 0 Å². The van der Waals surface area contributed by atoms with Crippen molar-refractivity contribution < 1.29 is 9.59 Å². The lowest BCUT2D eigenvalue weighted by Gasteiger charge is -2.27. The molecule has 1 fully saturated rings. The molecular formula is C14H18BrN3O2. The van der Waals surface area contributed by atoms with Gasteiger partial charge in [-0.15, -0.1) is 0 Å². The molecule has 0 aromatic heterocycles. The number of carbonyl (C=O) groups is 2. The molecule has 1 aliphatic heterocycles. The number of rotatable bonds is 3. The van der Waals surface area contributed by atoms with Crippen LogP contribution in [0.25, 0.3) is 0 Å². The first-order valence-electron chi connectivity index (χ1n) is 6.60. The first-order chi connectivity index (χ1) is 9.56. The van der Waals surface area contributed by atoms with Crippen molar-refractivity contribution in [1.29, 1.82) is 0 Å². The molecule has 2 amide bonds. The Morgan fingerprint density at radius 2 is 2.00 bits per heavy atom. The molecule has 2 rings (SSSR count). The van der Waals surface area contributed by atoms with E-state index in [0.717, 1.165) is 23.1 Å². The SMILES string of the molecule is Cc1cc(Br)cc(C(=O)NCC(=O)N2CCNCC2)c1. The van der Waals surface area contributed by atoms with Crippen LogP contribution in [-0.4, -0.2) is 49.4 Å². The van der Waals surface area contributed by atoms with E-state index in [2.05, 4.69) is 26.6 Å². The normalized spacial score (nSPS) is 15.0. The molecule has 2 N–H and O–H groups in total. The molecule has 1 aliphatic rings. The second-order valence-electron chi connectivity index (χ2n) is 4.83. The van der Waals surface area contributed by atoms with Crippen LogP contribution in [0.2, 0.25) is 0 Å². The zero-order valence-corrected chi connectivity index (χ0v) is 13.0. The highest BCUT2D eigenvalue weighted by Crippen LogP contribution is 2.15. The van der Waals surface area contributed by atoms with Crippen LogP contribution < -0.4 is 10.6 Å². The number of amides is 2. The van der Waals surface area contributed by atoms with E-state index in [0.29, 0.717) is 18.7 Å². The standard InChI is InChI=1S/C14H18BrN3O2/c1-10-6-11(8-12(15)7-10)14(20)17-9-13(19)18-4-2-16-3-5-18/h6-8,16H,2-5,9H2,1H3,(H,17,20). The lowest BCUT2D eigenvalue weighted by Crippen LogP contribution is -2.49. The fourth-order valence-electron chi connectivity index (χ4n) is 2.15. The van der Waals surface area contributed by atoms with Gasteiger partial charge < -0.3 is 15.5 Å². The van der Waals surface area contributed by atoms with Gasteiger partial charge >= 0.3 is 0 Å². The Kier molecular flexibility index (Phi) is 5.14. The van der Waals surface area contributed by atoms with Crippen LogP contribution in [0.5, 0.6) is 0 Å². The molecule has 0 unspecified atom stereocenters. The molecule has 5 nitrogen and oxygen atoms in total.